The first kappa shape index (κ1) is 17.3. The van der Waals surface area contributed by atoms with E-state index in [-0.39, 0.29) is 5.75 Å². The van der Waals surface area contributed by atoms with Crippen LogP contribution < -0.4 is 9.13 Å². The van der Waals surface area contributed by atoms with Crippen molar-refractivity contribution in [3.8, 4) is 0 Å². The average Bonchev–Trinajstić information content (AvgIpc) is 2.46. The third-order valence-corrected chi connectivity index (χ3v) is 4.41. The number of aromatic nitrogens is 2. The lowest BCUT2D eigenvalue weighted by atomic mass is 10.3. The molecule has 0 spiro atoms. The molecule has 23 heavy (non-hydrogen) atoms. The standard InChI is InChI=1S/C17H22N2O3S/c1-4-11-23(20,21)22-17(19-10-6-8-16(3)13-19)14-18-9-5-7-15(2)12-18/h4-10,12-13,17H,1,11,14H2,2-3H3/q+2. The molecule has 6 heteroatoms. The summed E-state index contributed by atoms with van der Waals surface area (Å²) >= 11 is 0. The van der Waals surface area contributed by atoms with Crippen molar-refractivity contribution < 1.29 is 21.7 Å². The number of rotatable bonds is 7. The van der Waals surface area contributed by atoms with Crippen molar-refractivity contribution in [3.05, 3.63) is 72.8 Å². The first-order valence-corrected chi connectivity index (χ1v) is 8.92. The van der Waals surface area contributed by atoms with Gasteiger partial charge in [0.2, 0.25) is 6.54 Å². The summed E-state index contributed by atoms with van der Waals surface area (Å²) in [6.07, 6.45) is 8.17. The molecule has 0 aliphatic heterocycles. The van der Waals surface area contributed by atoms with Gasteiger partial charge in [0, 0.05) is 23.3 Å². The van der Waals surface area contributed by atoms with E-state index < -0.39 is 16.3 Å². The van der Waals surface area contributed by atoms with E-state index in [9.17, 15) is 8.42 Å². The molecule has 2 aromatic rings. The van der Waals surface area contributed by atoms with Crippen LogP contribution in [0.1, 0.15) is 17.4 Å². The Hall–Kier alpha value is -2.05. The second-order valence-corrected chi connectivity index (χ2v) is 7.11. The van der Waals surface area contributed by atoms with Crippen LogP contribution in [0.2, 0.25) is 0 Å². The molecule has 0 aromatic carbocycles. The normalized spacial score (nSPS) is 12.8. The highest BCUT2D eigenvalue weighted by Crippen LogP contribution is 2.08. The van der Waals surface area contributed by atoms with Crippen molar-refractivity contribution in [1.82, 2.24) is 0 Å². The number of aryl methyl sites for hydroxylation is 2. The van der Waals surface area contributed by atoms with E-state index in [0.717, 1.165) is 11.1 Å². The lowest BCUT2D eigenvalue weighted by Gasteiger charge is -2.11. The van der Waals surface area contributed by atoms with Crippen LogP contribution >= 0.6 is 0 Å². The molecule has 0 amide bonds. The molecule has 1 atom stereocenters. The van der Waals surface area contributed by atoms with Gasteiger partial charge < -0.3 is 0 Å². The van der Waals surface area contributed by atoms with E-state index in [1.165, 1.54) is 6.08 Å². The maximum atomic E-state index is 12.0. The van der Waals surface area contributed by atoms with Crippen LogP contribution in [0, 0.1) is 13.8 Å². The minimum atomic E-state index is -3.67. The van der Waals surface area contributed by atoms with Crippen LogP contribution in [-0.4, -0.2) is 14.2 Å². The fraction of sp³-hybridized carbons (Fsp3) is 0.294. The van der Waals surface area contributed by atoms with Gasteiger partial charge in [0.05, 0.1) is 5.75 Å². The Kier molecular flexibility index (Phi) is 5.63. The second kappa shape index (κ2) is 7.48. The summed E-state index contributed by atoms with van der Waals surface area (Å²) in [7, 11) is -3.67. The molecular weight excluding hydrogens is 312 g/mol. The molecule has 0 N–H and O–H groups in total. The molecule has 0 fully saturated rings. The van der Waals surface area contributed by atoms with Gasteiger partial charge in [-0.1, -0.05) is 6.08 Å². The number of nitrogens with zero attached hydrogens (tertiary/aromatic N) is 2. The Balaban J connectivity index is 2.33. The Morgan fingerprint density at radius 3 is 2.43 bits per heavy atom. The van der Waals surface area contributed by atoms with Crippen LogP contribution in [0.5, 0.6) is 0 Å². The van der Waals surface area contributed by atoms with Crippen molar-refractivity contribution in [2.24, 2.45) is 0 Å². The number of hydrogen-bond acceptors (Lipinski definition) is 3. The van der Waals surface area contributed by atoms with E-state index in [1.807, 2.05) is 61.3 Å². The molecule has 2 rings (SSSR count). The van der Waals surface area contributed by atoms with Gasteiger partial charge in [0.15, 0.2) is 24.8 Å². The van der Waals surface area contributed by atoms with Crippen LogP contribution in [0.4, 0.5) is 0 Å². The van der Waals surface area contributed by atoms with E-state index in [4.69, 9.17) is 4.18 Å². The Morgan fingerprint density at radius 2 is 1.83 bits per heavy atom. The minimum absolute atomic E-state index is 0.214. The SMILES string of the molecule is C=CCS(=O)(=O)OC(C[n+]1cccc(C)c1)[n+]1cccc(C)c1. The number of pyridine rings is 2. The van der Waals surface area contributed by atoms with Gasteiger partial charge in [-0.15, -0.1) is 6.58 Å². The van der Waals surface area contributed by atoms with E-state index in [1.54, 1.807) is 10.8 Å². The lowest BCUT2D eigenvalue weighted by molar-refractivity contribution is -0.821. The van der Waals surface area contributed by atoms with Crippen LogP contribution in [0.3, 0.4) is 0 Å². The number of hydrogen-bond donors (Lipinski definition) is 0. The smallest absolute Gasteiger partial charge is 0.199 e. The van der Waals surface area contributed by atoms with Crippen LogP contribution in [0.25, 0.3) is 0 Å². The van der Waals surface area contributed by atoms with Gasteiger partial charge in [-0.05, 0) is 26.0 Å². The molecule has 0 saturated carbocycles. The van der Waals surface area contributed by atoms with Gasteiger partial charge in [-0.25, -0.2) is 0 Å². The predicted octanol–water partition coefficient (Wildman–Crippen LogP) is 1.61. The first-order valence-electron chi connectivity index (χ1n) is 7.34. The lowest BCUT2D eigenvalue weighted by Crippen LogP contribution is -2.50. The predicted molar refractivity (Wildman–Crippen MR) is 86.9 cm³/mol. The molecule has 0 bridgehead atoms. The summed E-state index contributed by atoms with van der Waals surface area (Å²) in [5, 5.41) is 0. The molecule has 122 valence electrons. The third-order valence-electron chi connectivity index (χ3n) is 3.26. The van der Waals surface area contributed by atoms with Gasteiger partial charge >= 0.3 is 6.23 Å². The zero-order valence-corrected chi connectivity index (χ0v) is 14.2. The Labute approximate surface area is 137 Å². The molecule has 0 aliphatic rings. The largest absolute Gasteiger partial charge is 0.337 e. The summed E-state index contributed by atoms with van der Waals surface area (Å²) < 4.78 is 33.2. The van der Waals surface area contributed by atoms with E-state index >= 15 is 0 Å². The van der Waals surface area contributed by atoms with Gasteiger partial charge in [-0.3, -0.25) is 0 Å². The molecule has 1 unspecified atom stereocenters. The summed E-state index contributed by atoms with van der Waals surface area (Å²) in [5.74, 6) is -0.214. The molecular formula is C17H22N2O3S+2. The van der Waals surface area contributed by atoms with E-state index in [2.05, 4.69) is 6.58 Å². The average molecular weight is 334 g/mol. The fourth-order valence-electron chi connectivity index (χ4n) is 2.27. The molecule has 0 aliphatic carbocycles. The van der Waals surface area contributed by atoms with Crippen molar-refractivity contribution in [3.63, 3.8) is 0 Å². The molecule has 2 heterocycles. The maximum absolute atomic E-state index is 12.0. The quantitative estimate of drug-likeness (QED) is 0.439. The third kappa shape index (κ3) is 5.26. The van der Waals surface area contributed by atoms with E-state index in [0.29, 0.717) is 6.54 Å². The van der Waals surface area contributed by atoms with Gasteiger partial charge in [-0.2, -0.15) is 21.7 Å². The summed E-state index contributed by atoms with van der Waals surface area (Å²) in [5.41, 5.74) is 2.12. The zero-order chi connectivity index (χ0) is 16.9. The molecule has 0 radical (unpaired) electrons. The molecule has 2 aromatic heterocycles. The zero-order valence-electron chi connectivity index (χ0n) is 13.4. The maximum Gasteiger partial charge on any atom is 0.337 e. The summed E-state index contributed by atoms with van der Waals surface area (Å²) in [6, 6.07) is 7.73. The summed E-state index contributed by atoms with van der Waals surface area (Å²) in [6.45, 7) is 7.78. The topological polar surface area (TPSA) is 51.1 Å². The van der Waals surface area contributed by atoms with Gasteiger partial charge in [0.1, 0.15) is 0 Å². The summed E-state index contributed by atoms with van der Waals surface area (Å²) in [4.78, 5) is 0. The molecule has 5 nitrogen and oxygen atoms in total. The highest BCUT2D eigenvalue weighted by molar-refractivity contribution is 7.86. The fourth-order valence-corrected chi connectivity index (χ4v) is 3.13. The Morgan fingerprint density at radius 1 is 1.17 bits per heavy atom. The van der Waals surface area contributed by atoms with Gasteiger partial charge in [0.25, 0.3) is 10.1 Å². The van der Waals surface area contributed by atoms with Crippen molar-refractivity contribution in [2.75, 3.05) is 5.75 Å². The van der Waals surface area contributed by atoms with Crippen molar-refractivity contribution in [1.29, 1.82) is 0 Å². The first-order chi connectivity index (χ1) is 10.9. The van der Waals surface area contributed by atoms with Crippen LogP contribution in [0.15, 0.2) is 61.7 Å². The van der Waals surface area contributed by atoms with Crippen molar-refractivity contribution >= 4 is 10.1 Å². The molecule has 0 saturated heterocycles. The monoisotopic (exact) mass is 334 g/mol. The Bertz CT molecular complexity index is 788. The highest BCUT2D eigenvalue weighted by atomic mass is 32.2. The highest BCUT2D eigenvalue weighted by Gasteiger charge is 2.30. The van der Waals surface area contributed by atoms with Crippen molar-refractivity contribution in [2.45, 2.75) is 26.6 Å². The minimum Gasteiger partial charge on any atom is -0.199 e. The second-order valence-electron chi connectivity index (χ2n) is 5.47. The van der Waals surface area contributed by atoms with Crippen LogP contribution in [-0.2, 0) is 20.8 Å².